The second-order valence-electron chi connectivity index (χ2n) is 11.5. The van der Waals surface area contributed by atoms with Gasteiger partial charge in [-0.25, -0.2) is 0 Å². The molecule has 4 nitrogen and oxygen atoms in total. The number of allylic oxidation sites excluding steroid dienone is 1. The Hall–Kier alpha value is -4.78. The highest BCUT2D eigenvalue weighted by atomic mass is 19.4. The number of hydrogen-bond acceptors (Lipinski definition) is 4. The number of anilines is 2. The van der Waals surface area contributed by atoms with E-state index < -0.39 is 6.30 Å². The highest BCUT2D eigenvalue weighted by molar-refractivity contribution is 5.79. The van der Waals surface area contributed by atoms with Gasteiger partial charge in [0, 0.05) is 36.6 Å². The number of nitrogens with zero attached hydrogens (tertiary/aromatic N) is 3. The molecule has 234 valence electrons. The fourth-order valence-corrected chi connectivity index (χ4v) is 4.78. The quantitative estimate of drug-likeness (QED) is 0.151. The first-order valence-corrected chi connectivity index (χ1v) is 14.9. The van der Waals surface area contributed by atoms with Gasteiger partial charge in [-0.05, 0) is 92.1 Å². The minimum absolute atomic E-state index is 0.0688. The van der Waals surface area contributed by atoms with Gasteiger partial charge < -0.3 is 10.0 Å². The van der Waals surface area contributed by atoms with Crippen molar-refractivity contribution in [2.45, 2.75) is 39.9 Å². The van der Waals surface area contributed by atoms with E-state index in [9.17, 15) is 18.3 Å². The summed E-state index contributed by atoms with van der Waals surface area (Å²) in [6, 6.07) is 27.7. The Kier molecular flexibility index (Phi) is 10.6. The Morgan fingerprint density at radius 2 is 1.56 bits per heavy atom. The highest BCUT2D eigenvalue weighted by Gasteiger charge is 2.32. The van der Waals surface area contributed by atoms with Gasteiger partial charge in [0.05, 0.1) is 17.6 Å². The third kappa shape index (κ3) is 9.11. The Bertz CT molecular complexity index is 1640. The molecule has 4 aromatic rings. The number of benzene rings is 3. The normalized spacial score (nSPS) is 13.0. The van der Waals surface area contributed by atoms with E-state index in [4.69, 9.17) is 4.98 Å². The molecule has 0 saturated heterocycles. The molecule has 0 spiro atoms. The number of halogens is 3. The number of aryl methyl sites for hydroxylation is 2. The van der Waals surface area contributed by atoms with Crippen LogP contribution in [0.5, 0.6) is 0 Å². The number of aliphatic hydroxyl groups excluding tert-OH is 1. The molecule has 45 heavy (non-hydrogen) atoms. The molecule has 1 aliphatic carbocycles. The van der Waals surface area contributed by atoms with Crippen LogP contribution in [0.4, 0.5) is 24.5 Å². The van der Waals surface area contributed by atoms with Crippen LogP contribution in [0.3, 0.4) is 0 Å². The molecular weight excluding hydrogens is 571 g/mol. The molecular formula is C38H40F3N3O. The Morgan fingerprint density at radius 1 is 0.911 bits per heavy atom. The van der Waals surface area contributed by atoms with Crippen molar-refractivity contribution in [1.82, 2.24) is 9.88 Å². The van der Waals surface area contributed by atoms with Crippen molar-refractivity contribution in [3.05, 3.63) is 144 Å². The summed E-state index contributed by atoms with van der Waals surface area (Å²) < 4.78 is 36.6. The maximum Gasteiger partial charge on any atom is 0.484 e. The van der Waals surface area contributed by atoms with Crippen molar-refractivity contribution in [3.63, 3.8) is 0 Å². The Balaban J connectivity index is 0.000000259. The topological polar surface area (TPSA) is 39.6 Å². The van der Waals surface area contributed by atoms with Crippen molar-refractivity contribution < 1.29 is 18.3 Å². The molecule has 7 heteroatoms. The van der Waals surface area contributed by atoms with E-state index in [1.54, 1.807) is 31.2 Å². The van der Waals surface area contributed by atoms with Gasteiger partial charge in [0.15, 0.2) is 0 Å². The lowest BCUT2D eigenvalue weighted by molar-refractivity contribution is -0.218. The first-order chi connectivity index (χ1) is 21.3. The number of aliphatic hydroxyl groups is 1. The van der Waals surface area contributed by atoms with E-state index in [0.29, 0.717) is 5.57 Å². The van der Waals surface area contributed by atoms with Crippen LogP contribution < -0.4 is 4.90 Å². The molecule has 0 unspecified atom stereocenters. The van der Waals surface area contributed by atoms with Crippen molar-refractivity contribution in [1.29, 1.82) is 0 Å². The van der Waals surface area contributed by atoms with Crippen LogP contribution in [-0.2, 0) is 0 Å². The second kappa shape index (κ2) is 14.3. The summed E-state index contributed by atoms with van der Waals surface area (Å²) in [5, 5.41) is 9.84. The number of rotatable bonds is 9. The zero-order chi connectivity index (χ0) is 32.7. The predicted molar refractivity (Wildman–Crippen MR) is 180 cm³/mol. The molecule has 1 fully saturated rings. The maximum atomic E-state index is 12.2. The Labute approximate surface area is 264 Å². The van der Waals surface area contributed by atoms with E-state index >= 15 is 0 Å². The van der Waals surface area contributed by atoms with Crippen molar-refractivity contribution in [3.8, 4) is 0 Å². The SMILES string of the molecule is C/C(=C\N(C)C(F)(F)F)c1ccccc1.C=C(c1ccc(C)c(C(=C)O)c1)c1ccc(N(CC2CC2)c2ccc(C)cc2)cn1. The van der Waals surface area contributed by atoms with E-state index in [1.807, 2.05) is 43.5 Å². The van der Waals surface area contributed by atoms with E-state index in [0.717, 1.165) is 64.9 Å². The first kappa shape index (κ1) is 33.1. The lowest BCUT2D eigenvalue weighted by atomic mass is 9.98. The lowest BCUT2D eigenvalue weighted by Gasteiger charge is -2.25. The summed E-state index contributed by atoms with van der Waals surface area (Å²) in [7, 11) is 0.992. The third-order valence-corrected chi connectivity index (χ3v) is 7.77. The minimum atomic E-state index is -4.32. The fourth-order valence-electron chi connectivity index (χ4n) is 4.78. The van der Waals surface area contributed by atoms with Crippen LogP contribution in [0.15, 0.2) is 110 Å². The molecule has 1 heterocycles. The van der Waals surface area contributed by atoms with Crippen molar-refractivity contribution in [2.24, 2.45) is 5.92 Å². The molecule has 0 atom stereocenters. The van der Waals surface area contributed by atoms with Gasteiger partial charge in [0.1, 0.15) is 5.76 Å². The molecule has 1 aliphatic rings. The summed E-state index contributed by atoms with van der Waals surface area (Å²) in [5.74, 6) is 0.831. The average molecular weight is 612 g/mol. The number of aromatic nitrogens is 1. The summed E-state index contributed by atoms with van der Waals surface area (Å²) in [6.45, 7) is 14.6. The van der Waals surface area contributed by atoms with Gasteiger partial charge in [-0.15, -0.1) is 0 Å². The van der Waals surface area contributed by atoms with Crippen LogP contribution in [0.25, 0.3) is 16.9 Å². The number of alkyl halides is 3. The Morgan fingerprint density at radius 3 is 2.11 bits per heavy atom. The van der Waals surface area contributed by atoms with Crippen molar-refractivity contribution >= 4 is 28.3 Å². The van der Waals surface area contributed by atoms with Gasteiger partial charge in [-0.2, -0.15) is 13.2 Å². The molecule has 3 aromatic carbocycles. The van der Waals surface area contributed by atoms with Gasteiger partial charge >= 0.3 is 6.30 Å². The van der Waals surface area contributed by atoms with Gasteiger partial charge in [0.25, 0.3) is 0 Å². The van der Waals surface area contributed by atoms with Crippen LogP contribution in [-0.4, -0.2) is 34.9 Å². The molecule has 1 aromatic heterocycles. The average Bonchev–Trinajstić information content (AvgIpc) is 3.85. The zero-order valence-electron chi connectivity index (χ0n) is 26.3. The molecule has 0 aliphatic heterocycles. The second-order valence-corrected chi connectivity index (χ2v) is 11.5. The maximum absolute atomic E-state index is 12.2. The lowest BCUT2D eigenvalue weighted by Crippen LogP contribution is -2.29. The molecule has 0 bridgehead atoms. The predicted octanol–water partition coefficient (Wildman–Crippen LogP) is 10.3. The van der Waals surface area contributed by atoms with Crippen LogP contribution >= 0.6 is 0 Å². The van der Waals surface area contributed by atoms with Crippen LogP contribution in [0.2, 0.25) is 0 Å². The minimum Gasteiger partial charge on any atom is -0.508 e. The molecule has 0 amide bonds. The summed E-state index contributed by atoms with van der Waals surface area (Å²) >= 11 is 0. The first-order valence-electron chi connectivity index (χ1n) is 14.9. The third-order valence-electron chi connectivity index (χ3n) is 7.77. The van der Waals surface area contributed by atoms with Gasteiger partial charge in [-0.3, -0.25) is 9.88 Å². The molecule has 0 radical (unpaired) electrons. The molecule has 1 saturated carbocycles. The van der Waals surface area contributed by atoms with E-state index in [2.05, 4.69) is 55.3 Å². The number of pyridine rings is 1. The van der Waals surface area contributed by atoms with E-state index in [-0.39, 0.29) is 10.7 Å². The smallest absolute Gasteiger partial charge is 0.484 e. The molecule has 5 rings (SSSR count). The van der Waals surface area contributed by atoms with Gasteiger partial charge in [-0.1, -0.05) is 73.3 Å². The van der Waals surface area contributed by atoms with E-state index in [1.165, 1.54) is 24.1 Å². The molecule has 1 N–H and O–H groups in total. The van der Waals surface area contributed by atoms with Gasteiger partial charge in [0.2, 0.25) is 0 Å². The summed E-state index contributed by atoms with van der Waals surface area (Å²) in [5.41, 5.74) is 9.22. The number of hydrogen-bond donors (Lipinski definition) is 1. The zero-order valence-corrected chi connectivity index (χ0v) is 26.3. The monoisotopic (exact) mass is 611 g/mol. The summed E-state index contributed by atoms with van der Waals surface area (Å²) in [6.07, 6.45) is 1.29. The largest absolute Gasteiger partial charge is 0.508 e. The van der Waals surface area contributed by atoms with Crippen molar-refractivity contribution in [2.75, 3.05) is 18.5 Å². The summed E-state index contributed by atoms with van der Waals surface area (Å²) in [4.78, 5) is 7.32. The fraction of sp³-hybridized carbons (Fsp3) is 0.237. The standard InChI is InChI=1S/C27H28N2O.C11H12F3N/c1-18-5-11-24(12-6-18)29(17-22-8-9-22)25-13-14-27(28-16-25)20(3)23-10-7-19(2)26(15-23)21(4)30;1-9(8-15(2)11(12,13)14)10-6-4-3-5-7-10/h5-7,10-16,22,30H,3-4,8-9,17H2,1-2H3;3-8H,1-2H3/b;9-8+. The van der Waals surface area contributed by atoms with Crippen LogP contribution in [0, 0.1) is 19.8 Å². The van der Waals surface area contributed by atoms with Crippen LogP contribution in [0.1, 0.15) is 53.3 Å². The highest BCUT2D eigenvalue weighted by Crippen LogP contribution is 2.35.